The maximum atomic E-state index is 12.4. The predicted octanol–water partition coefficient (Wildman–Crippen LogP) is 3.35. The molecule has 0 aliphatic carbocycles. The van der Waals surface area contributed by atoms with E-state index in [1.165, 1.54) is 6.07 Å². The van der Waals surface area contributed by atoms with Gasteiger partial charge in [0.15, 0.2) is 5.56 Å². The van der Waals surface area contributed by atoms with E-state index in [-0.39, 0.29) is 23.6 Å². The van der Waals surface area contributed by atoms with E-state index in [9.17, 15) is 14.8 Å². The van der Waals surface area contributed by atoms with Crippen molar-refractivity contribution in [2.24, 2.45) is 0 Å². The van der Waals surface area contributed by atoms with Crippen molar-refractivity contribution in [2.75, 3.05) is 5.48 Å². The molecule has 0 aliphatic rings. The third kappa shape index (κ3) is 3.81. The van der Waals surface area contributed by atoms with Gasteiger partial charge in [0.25, 0.3) is 5.91 Å². The van der Waals surface area contributed by atoms with Crippen LogP contribution >= 0.6 is 0 Å². The molecular formula is C20H18N2O4. The van der Waals surface area contributed by atoms with Crippen molar-refractivity contribution < 1.29 is 14.4 Å². The largest absolute Gasteiger partial charge is 0.422 e. The molecule has 1 heterocycles. The van der Waals surface area contributed by atoms with Gasteiger partial charge in [-0.15, -0.1) is 0 Å². The number of carbonyl (C=O) groups excluding carboxylic acids is 1. The lowest BCUT2D eigenvalue weighted by atomic mass is 10.1. The molecule has 0 radical (unpaired) electrons. The average molecular weight is 350 g/mol. The number of aryl methyl sites for hydroxylation is 1. The molecule has 0 fully saturated rings. The first-order valence-electron chi connectivity index (χ1n) is 8.06. The second-order valence-electron chi connectivity index (χ2n) is 5.83. The minimum Gasteiger partial charge on any atom is -0.422 e. The number of hydrogen-bond donors (Lipinski definition) is 3. The minimum absolute atomic E-state index is 0.0117. The van der Waals surface area contributed by atoms with E-state index in [1.807, 2.05) is 54.9 Å². The number of rotatable bonds is 5. The maximum absolute atomic E-state index is 12.4. The lowest BCUT2D eigenvalue weighted by Gasteiger charge is -2.10. The first-order chi connectivity index (χ1) is 12.6. The van der Waals surface area contributed by atoms with Crippen molar-refractivity contribution in [3.05, 3.63) is 87.8 Å². The van der Waals surface area contributed by atoms with Gasteiger partial charge in [-0.1, -0.05) is 60.2 Å². The van der Waals surface area contributed by atoms with Crippen molar-refractivity contribution in [2.45, 2.75) is 13.5 Å². The summed E-state index contributed by atoms with van der Waals surface area (Å²) in [7, 11) is 0. The molecule has 1 amide bonds. The van der Waals surface area contributed by atoms with Gasteiger partial charge in [-0.05, 0) is 12.5 Å². The zero-order valence-corrected chi connectivity index (χ0v) is 14.2. The molecule has 132 valence electrons. The lowest BCUT2D eigenvalue weighted by Crippen LogP contribution is -2.29. The fraction of sp³-hybridized carbons (Fsp3) is 0.100. The van der Waals surface area contributed by atoms with Crippen LogP contribution in [-0.4, -0.2) is 11.1 Å². The molecule has 6 nitrogen and oxygen atoms in total. The number of hydrogen-bond acceptors (Lipinski definition) is 5. The first kappa shape index (κ1) is 17.4. The molecule has 0 saturated carbocycles. The summed E-state index contributed by atoms with van der Waals surface area (Å²) in [5.74, 6) is -0.374. The fourth-order valence-corrected chi connectivity index (χ4v) is 2.52. The third-order valence-corrected chi connectivity index (χ3v) is 3.93. The van der Waals surface area contributed by atoms with E-state index in [2.05, 4.69) is 5.32 Å². The van der Waals surface area contributed by atoms with Crippen molar-refractivity contribution in [3.63, 3.8) is 0 Å². The highest BCUT2D eigenvalue weighted by Gasteiger charge is 2.19. The zero-order chi connectivity index (χ0) is 18.5. The first-order valence-corrected chi connectivity index (χ1v) is 8.06. The number of anilines is 1. The summed E-state index contributed by atoms with van der Waals surface area (Å²) in [6, 6.07) is 18.1. The molecule has 2 aromatic carbocycles. The normalized spacial score (nSPS) is 10.4. The van der Waals surface area contributed by atoms with E-state index < -0.39 is 11.5 Å². The number of nitrogens with one attached hydrogen (secondary N) is 2. The average Bonchev–Trinajstić information content (AvgIpc) is 2.66. The van der Waals surface area contributed by atoms with Crippen LogP contribution in [0.4, 0.5) is 5.69 Å². The molecule has 0 unspecified atom stereocenters. The lowest BCUT2D eigenvalue weighted by molar-refractivity contribution is 0.0947. The summed E-state index contributed by atoms with van der Waals surface area (Å²) in [5.41, 5.74) is 3.42. The number of benzene rings is 2. The molecule has 3 N–H and O–H groups in total. The molecule has 1 aromatic heterocycles. The van der Waals surface area contributed by atoms with Crippen LogP contribution in [-0.2, 0) is 6.54 Å². The van der Waals surface area contributed by atoms with Crippen LogP contribution in [0.1, 0.15) is 21.5 Å². The minimum atomic E-state index is -0.829. The van der Waals surface area contributed by atoms with E-state index in [4.69, 9.17) is 4.42 Å². The van der Waals surface area contributed by atoms with Crippen LogP contribution in [0.25, 0.3) is 11.3 Å². The maximum Gasteiger partial charge on any atom is 0.351 e. The van der Waals surface area contributed by atoms with Crippen LogP contribution in [0.3, 0.4) is 0 Å². The molecule has 26 heavy (non-hydrogen) atoms. The highest BCUT2D eigenvalue weighted by atomic mass is 16.5. The molecule has 3 aromatic rings. The summed E-state index contributed by atoms with van der Waals surface area (Å²) in [6.07, 6.45) is 0. The smallest absolute Gasteiger partial charge is 0.351 e. The molecule has 0 saturated heterocycles. The third-order valence-electron chi connectivity index (χ3n) is 3.93. The van der Waals surface area contributed by atoms with Crippen LogP contribution in [0, 0.1) is 6.92 Å². The molecule has 3 rings (SSSR count). The van der Waals surface area contributed by atoms with Gasteiger partial charge in [-0.25, -0.2) is 4.79 Å². The SMILES string of the molecule is Cc1ccc(-c2cc(NO)c(C(=O)NCc3ccccc3)c(=O)o2)cc1. The van der Waals surface area contributed by atoms with Gasteiger partial charge < -0.3 is 9.73 Å². The Kier molecular flexibility index (Phi) is 5.15. The van der Waals surface area contributed by atoms with Crippen molar-refractivity contribution in [3.8, 4) is 11.3 Å². The van der Waals surface area contributed by atoms with E-state index in [0.717, 1.165) is 11.1 Å². The summed E-state index contributed by atoms with van der Waals surface area (Å²) in [5, 5.41) is 12.0. The fourth-order valence-electron chi connectivity index (χ4n) is 2.52. The van der Waals surface area contributed by atoms with Crippen molar-refractivity contribution >= 4 is 11.6 Å². The monoisotopic (exact) mass is 350 g/mol. The van der Waals surface area contributed by atoms with Crippen LogP contribution in [0.2, 0.25) is 0 Å². The molecule has 0 bridgehead atoms. The Morgan fingerprint density at radius 2 is 1.77 bits per heavy atom. The quantitative estimate of drug-likeness (QED) is 0.614. The van der Waals surface area contributed by atoms with Gasteiger partial charge in [0.05, 0.1) is 5.69 Å². The van der Waals surface area contributed by atoms with E-state index in [1.54, 1.807) is 12.1 Å². The Labute approximate surface area is 150 Å². The summed E-state index contributed by atoms with van der Waals surface area (Å²) in [4.78, 5) is 24.7. The Balaban J connectivity index is 1.88. The topological polar surface area (TPSA) is 91.6 Å². The second kappa shape index (κ2) is 7.67. The zero-order valence-electron chi connectivity index (χ0n) is 14.2. The Bertz CT molecular complexity index is 963. The van der Waals surface area contributed by atoms with E-state index >= 15 is 0 Å². The Hall–Kier alpha value is -3.38. The highest BCUT2D eigenvalue weighted by molar-refractivity contribution is 5.99. The van der Waals surface area contributed by atoms with Gasteiger partial charge >= 0.3 is 5.63 Å². The van der Waals surface area contributed by atoms with Crippen LogP contribution < -0.4 is 16.4 Å². The Morgan fingerprint density at radius 3 is 2.42 bits per heavy atom. The molecule has 0 atom stereocenters. The van der Waals surface area contributed by atoms with Gasteiger partial charge in [0.2, 0.25) is 0 Å². The van der Waals surface area contributed by atoms with Crippen LogP contribution in [0.5, 0.6) is 0 Å². The molecule has 0 spiro atoms. The summed E-state index contributed by atoms with van der Waals surface area (Å²) in [6.45, 7) is 2.20. The van der Waals surface area contributed by atoms with Gasteiger partial charge in [0, 0.05) is 18.2 Å². The molecule has 6 heteroatoms. The van der Waals surface area contributed by atoms with Crippen molar-refractivity contribution in [1.82, 2.24) is 5.32 Å². The van der Waals surface area contributed by atoms with Gasteiger partial charge in [-0.3, -0.25) is 15.5 Å². The van der Waals surface area contributed by atoms with Crippen molar-refractivity contribution in [1.29, 1.82) is 0 Å². The molecule has 0 aliphatic heterocycles. The van der Waals surface area contributed by atoms with E-state index in [0.29, 0.717) is 5.56 Å². The highest BCUT2D eigenvalue weighted by Crippen LogP contribution is 2.23. The van der Waals surface area contributed by atoms with Crippen LogP contribution in [0.15, 0.2) is 69.9 Å². The summed E-state index contributed by atoms with van der Waals surface area (Å²) < 4.78 is 5.28. The molecular weight excluding hydrogens is 332 g/mol. The van der Waals surface area contributed by atoms with Gasteiger partial charge in [0.1, 0.15) is 5.76 Å². The Morgan fingerprint density at radius 1 is 1.08 bits per heavy atom. The predicted molar refractivity (Wildman–Crippen MR) is 98.2 cm³/mol. The van der Waals surface area contributed by atoms with Gasteiger partial charge in [-0.2, -0.15) is 0 Å². The number of carbonyl (C=O) groups is 1. The standard InChI is InChI=1S/C20H18N2O4/c1-13-7-9-15(10-8-13)17-11-16(22-25)18(20(24)26-17)19(23)21-12-14-5-3-2-4-6-14/h2-11,22,25H,12H2,1H3,(H,21,23). The number of amides is 1. The summed E-state index contributed by atoms with van der Waals surface area (Å²) >= 11 is 0. The second-order valence-corrected chi connectivity index (χ2v) is 5.83.